The van der Waals surface area contributed by atoms with Crippen molar-refractivity contribution in [3.63, 3.8) is 0 Å². The molecule has 5 heterocycles. The molecule has 113 heavy (non-hydrogen) atoms. The minimum Gasteiger partial charge on any atom is -0.493 e. The van der Waals surface area contributed by atoms with Crippen LogP contribution in [-0.4, -0.2) is 176 Å². The van der Waals surface area contributed by atoms with Crippen molar-refractivity contribution in [3.05, 3.63) is 222 Å². The summed E-state index contributed by atoms with van der Waals surface area (Å²) < 4.78 is 191. The fraction of sp³-hybridized carbons (Fsp3) is 0.361. The van der Waals surface area contributed by atoms with Crippen molar-refractivity contribution in [1.82, 2.24) is 29.5 Å². The number of pyridine rings is 4. The summed E-state index contributed by atoms with van der Waals surface area (Å²) in [6.45, 7) is 9.02. The van der Waals surface area contributed by atoms with Gasteiger partial charge in [-0.25, -0.2) is 66.0 Å². The fourth-order valence-electron chi connectivity index (χ4n) is 10.8. The molecule has 9 rings (SSSR count). The van der Waals surface area contributed by atoms with Crippen molar-refractivity contribution in [1.29, 1.82) is 0 Å². The van der Waals surface area contributed by atoms with E-state index in [-0.39, 0.29) is 92.0 Å². The number of nitrogens with two attached hydrogens (primary N) is 2. The van der Waals surface area contributed by atoms with E-state index in [1.165, 1.54) is 44.5 Å². The molecule has 9 aromatic rings. The van der Waals surface area contributed by atoms with Crippen LogP contribution in [-0.2, 0) is 73.3 Å². The number of nitrogens with one attached hydrogen (secondary N) is 1. The number of imidazole rings is 1. The molecule has 0 bridgehead atoms. The molecular formula is C72H88ClF4N10O21S4W-. The summed E-state index contributed by atoms with van der Waals surface area (Å²) in [7, 11) is -7.21. The zero-order valence-corrected chi connectivity index (χ0v) is 70.7. The van der Waals surface area contributed by atoms with E-state index >= 15 is 0 Å². The molecule has 0 aliphatic carbocycles. The number of aromatic nitrogens is 6. The Hall–Kier alpha value is -9.79. The second-order valence-electron chi connectivity index (χ2n) is 24.3. The summed E-state index contributed by atoms with van der Waals surface area (Å²) in [4.78, 5) is 50.0. The topological polar surface area (TPSA) is 438 Å². The zero-order chi connectivity index (χ0) is 82.9. The fourth-order valence-corrected chi connectivity index (χ4v) is 14.8. The van der Waals surface area contributed by atoms with E-state index < -0.39 is 113 Å². The van der Waals surface area contributed by atoms with Crippen molar-refractivity contribution in [2.24, 2.45) is 5.73 Å². The number of H-pyrrole nitrogens is 1. The molecule has 41 heteroatoms. The Kier molecular flexibility index (Phi) is 38.4. The molecule has 4 atom stereocenters. The summed E-state index contributed by atoms with van der Waals surface area (Å²) in [5, 5.41) is 21.0. The summed E-state index contributed by atoms with van der Waals surface area (Å²) in [5.41, 5.74) is 13.7. The Morgan fingerprint density at radius 1 is 0.487 bits per heavy atom. The largest absolute Gasteiger partial charge is 0.493 e. The Balaban J connectivity index is 0.000000374. The van der Waals surface area contributed by atoms with Gasteiger partial charge in [0.05, 0.1) is 148 Å². The number of rotatable bonds is 31. The molecule has 5 N–H and O–H groups in total. The number of aromatic amines is 1. The molecule has 0 radical (unpaired) electrons. The SMILES string of the molecule is CCOc1cc([C@@H](CS(C)(=O)=O)n2c(=O)[nH]c3cc(F)cnc32)ccc1OC.CCOc1cc([C@H](Cc2ncc(F)cc2N)CS(C)(=O)=O)ccc1OC.CCOc1cc([C@H](Cc2ncc(F)cc2[N+](=O)[O-])CS(C)(=O)=O)ccc1OC.CCOc1cc([C@H](N)CS(C)(=O)=O)ccc1OC.O=[N+]([O-])c1cc(F)cnc1Cl.[CH3-].[W]. The van der Waals surface area contributed by atoms with Gasteiger partial charge in [0.1, 0.15) is 68.3 Å². The number of fused-ring (bicyclic) bond motifs is 1. The van der Waals surface area contributed by atoms with Gasteiger partial charge in [-0.2, -0.15) is 0 Å². The van der Waals surface area contributed by atoms with Crippen LogP contribution in [0.1, 0.15) is 85.3 Å². The molecule has 0 aliphatic heterocycles. The minimum absolute atomic E-state index is 0. The number of nitrogen functional groups attached to an aromatic ring is 1. The first-order valence-electron chi connectivity index (χ1n) is 33.2. The van der Waals surface area contributed by atoms with Gasteiger partial charge in [0.2, 0.25) is 5.15 Å². The van der Waals surface area contributed by atoms with E-state index in [4.69, 9.17) is 61.0 Å². The number of halogens is 5. The zero-order valence-electron chi connectivity index (χ0n) is 63.7. The van der Waals surface area contributed by atoms with Crippen LogP contribution < -0.4 is 55.1 Å². The third-order valence-electron chi connectivity index (χ3n) is 15.4. The van der Waals surface area contributed by atoms with Crippen LogP contribution in [0.3, 0.4) is 0 Å². The Labute approximate surface area is 671 Å². The minimum atomic E-state index is -3.48. The van der Waals surface area contributed by atoms with E-state index in [1.807, 2.05) is 20.8 Å². The van der Waals surface area contributed by atoms with E-state index in [9.17, 15) is 76.3 Å². The van der Waals surface area contributed by atoms with Crippen LogP contribution in [0.25, 0.3) is 11.2 Å². The number of hydrogen-bond donors (Lipinski definition) is 3. The Morgan fingerprint density at radius 2 is 0.832 bits per heavy atom. The normalized spacial score (nSPS) is 12.2. The number of nitro groups is 2. The second kappa shape index (κ2) is 44.6. The number of benzene rings is 4. The van der Waals surface area contributed by atoms with Crippen LogP contribution in [0.4, 0.5) is 34.6 Å². The average Bonchev–Trinajstić information content (AvgIpc) is 1.63. The summed E-state index contributed by atoms with van der Waals surface area (Å²) in [5.74, 6) is -0.510. The van der Waals surface area contributed by atoms with Gasteiger partial charge in [-0.1, -0.05) is 35.9 Å². The summed E-state index contributed by atoms with van der Waals surface area (Å²) >= 11 is 5.27. The third-order valence-corrected chi connectivity index (χ3v) is 19.6. The molecule has 5 aromatic heterocycles. The Bertz CT molecular complexity index is 5260. The van der Waals surface area contributed by atoms with Gasteiger partial charge in [-0.05, 0) is 105 Å². The first-order valence-corrected chi connectivity index (χ1v) is 41.8. The van der Waals surface area contributed by atoms with E-state index in [0.29, 0.717) is 94.8 Å². The van der Waals surface area contributed by atoms with Crippen molar-refractivity contribution in [2.75, 3.05) is 109 Å². The van der Waals surface area contributed by atoms with Gasteiger partial charge in [0, 0.05) is 82.5 Å². The van der Waals surface area contributed by atoms with Crippen molar-refractivity contribution in [3.8, 4) is 46.0 Å². The van der Waals surface area contributed by atoms with Gasteiger partial charge in [-0.15, -0.1) is 0 Å². The number of sulfone groups is 4. The number of ether oxygens (including phenoxy) is 8. The number of nitrogens with zero attached hydrogens (tertiary/aromatic N) is 7. The molecule has 0 fully saturated rings. The van der Waals surface area contributed by atoms with Gasteiger partial charge < -0.3 is 61.8 Å². The molecule has 0 saturated carbocycles. The van der Waals surface area contributed by atoms with Gasteiger partial charge in [-0.3, -0.25) is 34.8 Å². The second-order valence-corrected chi connectivity index (χ2v) is 33.4. The number of methoxy groups -OCH3 is 4. The van der Waals surface area contributed by atoms with Crippen LogP contribution in [0, 0.1) is 50.9 Å². The van der Waals surface area contributed by atoms with Gasteiger partial charge >= 0.3 is 11.4 Å². The summed E-state index contributed by atoms with van der Waals surface area (Å²) in [6.07, 6.45) is 8.45. The smallest absolute Gasteiger partial charge is 0.328 e. The molecule has 4 aromatic carbocycles. The van der Waals surface area contributed by atoms with Gasteiger partial charge in [0.15, 0.2) is 51.6 Å². The molecule has 618 valence electrons. The average molecular weight is 1850 g/mol. The molecule has 0 aliphatic rings. The number of hydrogen-bond acceptors (Lipinski definition) is 27. The summed E-state index contributed by atoms with van der Waals surface area (Å²) in [6, 6.07) is 22.7. The van der Waals surface area contributed by atoms with Crippen molar-refractivity contribution < 1.29 is 120 Å². The van der Waals surface area contributed by atoms with E-state index in [0.717, 1.165) is 61.1 Å². The Morgan fingerprint density at radius 3 is 1.22 bits per heavy atom. The number of anilines is 1. The maximum absolute atomic E-state index is 13.5. The first-order chi connectivity index (χ1) is 52.1. The monoisotopic (exact) mass is 1850 g/mol. The maximum Gasteiger partial charge on any atom is 0.328 e. The maximum atomic E-state index is 13.5. The van der Waals surface area contributed by atoms with E-state index in [2.05, 4.69) is 24.9 Å². The van der Waals surface area contributed by atoms with Gasteiger partial charge in [0.25, 0.3) is 5.69 Å². The first kappa shape index (κ1) is 97.4. The third kappa shape index (κ3) is 30.9. The molecular weight excluding hydrogens is 1760 g/mol. The predicted molar refractivity (Wildman–Crippen MR) is 415 cm³/mol. The standard InChI is InChI=1S/C18H20FN3O5S.C18H21FN2O6S.C18H23FN2O4S.C12H19NO4S.C5H2ClFN2O2.CH3.W/c1-4-27-16-7-11(5-6-15(16)26-2)14(10-28(3,24)25)22-17-13(21-18(22)23)8-12(19)9-20-17;1-4-27-18-8-12(5-6-17(18)26-2)13(11-28(3,24)25)7-15-16(21(22)23)9-14(19)10-20-15;1-4-25-18-8-12(5-6-17(18)24-2)13(11-26(3,22)23)7-16-15(20)9-14(19)10-21-16;1-4-17-12-7-9(5-6-11(12)16-2)10(13)8-18(3,14)15;6-5-4(9(10)11)1-3(7)2-8-5;;/h5-9,14H,4,10H2,1-3H3,(H,21,23);5-6,8-10,13H,4,7,11H2,1-3H3;5-6,8-10,13H,4,7,11,20H2,1-3H3;5-7,10H,4,8,13H2,1-3H3;1-2H;1H3;/q;;;;;-1;/t14-;2*13-;10-;;;/m1111.../s1. The quantitative estimate of drug-likeness (QED) is 0.0119. The molecule has 0 unspecified atom stereocenters. The van der Waals surface area contributed by atoms with E-state index in [1.54, 1.807) is 86.8 Å². The predicted octanol–water partition coefficient (Wildman–Crippen LogP) is 10.8. The molecule has 0 amide bonds. The van der Waals surface area contributed by atoms with Crippen LogP contribution in [0.15, 0.2) is 127 Å². The molecule has 0 spiro atoms. The molecule has 0 saturated heterocycles. The van der Waals surface area contributed by atoms with Crippen molar-refractivity contribution in [2.45, 2.75) is 64.5 Å². The van der Waals surface area contributed by atoms with Crippen LogP contribution in [0.2, 0.25) is 5.15 Å². The molecule has 31 nitrogen and oxygen atoms in total. The van der Waals surface area contributed by atoms with Crippen molar-refractivity contribution >= 4 is 79.2 Å². The van der Waals surface area contributed by atoms with Crippen LogP contribution in [0.5, 0.6) is 46.0 Å². The van der Waals surface area contributed by atoms with Crippen LogP contribution >= 0.6 is 11.6 Å².